The van der Waals surface area contributed by atoms with Crippen molar-refractivity contribution in [2.24, 2.45) is 7.05 Å². The number of piperazine rings is 1. The molecular formula is C26H28FN7O3. The lowest BCUT2D eigenvalue weighted by molar-refractivity contribution is -0.0733. The van der Waals surface area contributed by atoms with Gasteiger partial charge < -0.3 is 25.0 Å². The Morgan fingerprint density at radius 3 is 2.97 bits per heavy atom. The fourth-order valence-electron chi connectivity index (χ4n) is 4.84. The van der Waals surface area contributed by atoms with E-state index in [1.165, 1.54) is 10.7 Å². The van der Waals surface area contributed by atoms with E-state index in [1.54, 1.807) is 31.6 Å². The molecule has 0 aliphatic carbocycles. The normalized spacial score (nSPS) is 19.7. The molecule has 2 aliphatic rings. The van der Waals surface area contributed by atoms with E-state index in [1.807, 2.05) is 6.07 Å². The Morgan fingerprint density at radius 1 is 1.32 bits per heavy atom. The number of nitrogens with zero attached hydrogens (tertiary/aromatic N) is 5. The number of nitrogens with one attached hydrogen (secondary N) is 2. The Labute approximate surface area is 212 Å². The van der Waals surface area contributed by atoms with Crippen LogP contribution in [0.1, 0.15) is 23.7 Å². The number of halogens is 1. The Bertz CT molecular complexity index is 1490. The van der Waals surface area contributed by atoms with E-state index in [-0.39, 0.29) is 17.6 Å². The summed E-state index contributed by atoms with van der Waals surface area (Å²) >= 11 is 0. The summed E-state index contributed by atoms with van der Waals surface area (Å²) < 4.78 is 27.3. The summed E-state index contributed by atoms with van der Waals surface area (Å²) in [6, 6.07) is 7.16. The van der Waals surface area contributed by atoms with Gasteiger partial charge >= 0.3 is 6.01 Å². The van der Waals surface area contributed by atoms with Gasteiger partial charge in [-0.05, 0) is 31.2 Å². The SMILES string of the molecule is CC1CN(c2ccc(C(=O)Nc3cc(F)c4nn(C)cc4c3)c3nc(OCC4CCO4)ncc23)CCN1. The first-order valence-corrected chi connectivity index (χ1v) is 12.4. The summed E-state index contributed by atoms with van der Waals surface area (Å²) in [5.74, 6) is -0.905. The first kappa shape index (κ1) is 23.6. The third-order valence-electron chi connectivity index (χ3n) is 6.79. The van der Waals surface area contributed by atoms with Gasteiger partial charge in [0, 0.05) is 80.3 Å². The molecule has 4 aromatic rings. The van der Waals surface area contributed by atoms with Gasteiger partial charge in [0.1, 0.15) is 12.1 Å². The van der Waals surface area contributed by atoms with Crippen molar-refractivity contribution < 1.29 is 18.7 Å². The van der Waals surface area contributed by atoms with Crippen LogP contribution in [0, 0.1) is 5.82 Å². The molecule has 2 saturated heterocycles. The monoisotopic (exact) mass is 505 g/mol. The Kier molecular flexibility index (Phi) is 6.09. The van der Waals surface area contributed by atoms with Crippen molar-refractivity contribution in [3.8, 4) is 6.01 Å². The van der Waals surface area contributed by atoms with Crippen molar-refractivity contribution in [2.45, 2.75) is 25.5 Å². The second-order valence-electron chi connectivity index (χ2n) is 9.59. The molecule has 0 bridgehead atoms. The molecule has 10 nitrogen and oxygen atoms in total. The van der Waals surface area contributed by atoms with E-state index in [2.05, 4.69) is 37.5 Å². The molecule has 2 atom stereocenters. The average molecular weight is 506 g/mol. The smallest absolute Gasteiger partial charge is 0.317 e. The number of aryl methyl sites for hydroxylation is 1. The summed E-state index contributed by atoms with van der Waals surface area (Å²) in [6.07, 6.45) is 4.38. The van der Waals surface area contributed by atoms with E-state index < -0.39 is 11.7 Å². The summed E-state index contributed by atoms with van der Waals surface area (Å²) in [5.41, 5.74) is 2.37. The second-order valence-corrected chi connectivity index (χ2v) is 9.59. The van der Waals surface area contributed by atoms with Crippen LogP contribution in [0.5, 0.6) is 6.01 Å². The third kappa shape index (κ3) is 4.67. The van der Waals surface area contributed by atoms with Crippen LogP contribution >= 0.6 is 0 Å². The average Bonchev–Trinajstić information content (AvgIpc) is 3.23. The van der Waals surface area contributed by atoms with Gasteiger partial charge in [-0.1, -0.05) is 0 Å². The van der Waals surface area contributed by atoms with E-state index in [0.29, 0.717) is 34.8 Å². The number of ether oxygens (including phenoxy) is 2. The molecule has 4 heterocycles. The molecule has 0 radical (unpaired) electrons. The number of anilines is 2. The number of hydrogen-bond acceptors (Lipinski definition) is 8. The van der Waals surface area contributed by atoms with Crippen LogP contribution in [0.2, 0.25) is 0 Å². The Morgan fingerprint density at radius 2 is 2.19 bits per heavy atom. The van der Waals surface area contributed by atoms with Gasteiger partial charge in [-0.15, -0.1) is 0 Å². The van der Waals surface area contributed by atoms with Crippen molar-refractivity contribution in [1.29, 1.82) is 0 Å². The number of carbonyl (C=O) groups is 1. The molecule has 0 spiro atoms. The van der Waals surface area contributed by atoms with Crippen LogP contribution in [0.15, 0.2) is 36.7 Å². The fraction of sp³-hybridized carbons (Fsp3) is 0.385. The number of hydrogen-bond donors (Lipinski definition) is 2. The van der Waals surface area contributed by atoms with Gasteiger partial charge in [0.15, 0.2) is 5.82 Å². The molecular weight excluding hydrogens is 477 g/mol. The number of fused-ring (bicyclic) bond motifs is 2. The maximum absolute atomic E-state index is 14.6. The third-order valence-corrected chi connectivity index (χ3v) is 6.79. The van der Waals surface area contributed by atoms with Gasteiger partial charge in [-0.2, -0.15) is 10.1 Å². The van der Waals surface area contributed by atoms with Crippen LogP contribution in [0.25, 0.3) is 21.8 Å². The number of carbonyl (C=O) groups excluding carboxylic acids is 1. The zero-order chi connectivity index (χ0) is 25.5. The molecule has 2 unspecified atom stereocenters. The highest BCUT2D eigenvalue weighted by atomic mass is 19.1. The van der Waals surface area contributed by atoms with Gasteiger partial charge in [0.05, 0.1) is 17.2 Å². The van der Waals surface area contributed by atoms with Crippen LogP contribution < -0.4 is 20.3 Å². The van der Waals surface area contributed by atoms with Crippen LogP contribution in [-0.2, 0) is 11.8 Å². The molecule has 1 amide bonds. The maximum Gasteiger partial charge on any atom is 0.317 e. The van der Waals surface area contributed by atoms with Crippen molar-refractivity contribution in [3.63, 3.8) is 0 Å². The summed E-state index contributed by atoms with van der Waals surface area (Å²) in [4.78, 5) is 24.8. The molecule has 0 saturated carbocycles. The Balaban J connectivity index is 1.36. The first-order chi connectivity index (χ1) is 17.9. The number of amides is 1. The number of aromatic nitrogens is 4. The fourth-order valence-corrected chi connectivity index (χ4v) is 4.84. The highest BCUT2D eigenvalue weighted by molar-refractivity contribution is 6.14. The topological polar surface area (TPSA) is 106 Å². The van der Waals surface area contributed by atoms with Crippen molar-refractivity contribution >= 4 is 39.1 Å². The molecule has 2 N–H and O–H groups in total. The predicted molar refractivity (Wildman–Crippen MR) is 138 cm³/mol. The molecule has 2 fully saturated rings. The standard InChI is InChI=1S/C26H28FN7O3/c1-15-12-34(7-6-28-15)22-4-3-19(24-20(22)11-29-26(31-24)37-14-18-5-8-36-18)25(35)30-17-9-16-13-33(2)32-23(16)21(27)10-17/h3-4,9-11,13,15,18,28H,5-8,12,14H2,1-2H3,(H,30,35). The molecule has 11 heteroatoms. The van der Waals surface area contributed by atoms with Crippen molar-refractivity contribution in [3.05, 3.63) is 48.0 Å². The molecule has 192 valence electrons. The maximum atomic E-state index is 14.6. The zero-order valence-corrected chi connectivity index (χ0v) is 20.7. The minimum absolute atomic E-state index is 0.0352. The molecule has 2 aliphatic heterocycles. The van der Waals surface area contributed by atoms with E-state index in [9.17, 15) is 9.18 Å². The van der Waals surface area contributed by atoms with E-state index in [4.69, 9.17) is 9.47 Å². The van der Waals surface area contributed by atoms with Gasteiger partial charge in [0.25, 0.3) is 5.91 Å². The number of rotatable bonds is 6. The minimum Gasteiger partial charge on any atom is -0.461 e. The Hall–Kier alpha value is -3.83. The molecule has 6 rings (SSSR count). The van der Waals surface area contributed by atoms with Crippen LogP contribution in [-0.4, -0.2) is 70.6 Å². The second kappa shape index (κ2) is 9.56. The molecule has 2 aromatic carbocycles. The lowest BCUT2D eigenvalue weighted by Crippen LogP contribution is -2.49. The van der Waals surface area contributed by atoms with Gasteiger partial charge in [-0.25, -0.2) is 9.37 Å². The first-order valence-electron chi connectivity index (χ1n) is 12.4. The lowest BCUT2D eigenvalue weighted by atomic mass is 10.1. The summed E-state index contributed by atoms with van der Waals surface area (Å²) in [5, 5.41) is 11.7. The van der Waals surface area contributed by atoms with E-state index in [0.717, 1.165) is 43.7 Å². The molecule has 2 aromatic heterocycles. The molecule has 37 heavy (non-hydrogen) atoms. The zero-order valence-electron chi connectivity index (χ0n) is 20.7. The number of benzene rings is 2. The van der Waals surface area contributed by atoms with Crippen molar-refractivity contribution in [1.82, 2.24) is 25.1 Å². The summed E-state index contributed by atoms with van der Waals surface area (Å²) in [6.45, 7) is 5.73. The van der Waals surface area contributed by atoms with Crippen LogP contribution in [0.4, 0.5) is 15.8 Å². The van der Waals surface area contributed by atoms with Gasteiger partial charge in [0.2, 0.25) is 0 Å². The largest absolute Gasteiger partial charge is 0.461 e. The van der Waals surface area contributed by atoms with Crippen molar-refractivity contribution in [2.75, 3.05) is 43.1 Å². The van der Waals surface area contributed by atoms with Gasteiger partial charge in [-0.3, -0.25) is 9.48 Å². The predicted octanol–water partition coefficient (Wildman–Crippen LogP) is 2.87. The highest BCUT2D eigenvalue weighted by Crippen LogP contribution is 2.31. The lowest BCUT2D eigenvalue weighted by Gasteiger charge is -2.34. The summed E-state index contributed by atoms with van der Waals surface area (Å²) in [7, 11) is 1.72. The van der Waals surface area contributed by atoms with Crippen LogP contribution in [0.3, 0.4) is 0 Å². The quantitative estimate of drug-likeness (QED) is 0.412. The van der Waals surface area contributed by atoms with E-state index >= 15 is 0 Å². The minimum atomic E-state index is -0.502. The highest BCUT2D eigenvalue weighted by Gasteiger charge is 2.23.